The molecule has 1 aliphatic heterocycles. The van der Waals surface area contributed by atoms with Crippen LogP contribution in [0.15, 0.2) is 0 Å². The molecule has 0 amide bonds. The molecular formula is C8H15IO. The zero-order valence-electron chi connectivity index (χ0n) is 6.69. The second-order valence-electron chi connectivity index (χ2n) is 3.55. The summed E-state index contributed by atoms with van der Waals surface area (Å²) in [6, 6.07) is 0. The molecule has 0 radical (unpaired) electrons. The highest BCUT2D eigenvalue weighted by molar-refractivity contribution is 14.1. The molecule has 1 aliphatic rings. The van der Waals surface area contributed by atoms with E-state index in [1.54, 1.807) is 0 Å². The van der Waals surface area contributed by atoms with Crippen molar-refractivity contribution in [2.75, 3.05) is 4.43 Å². The summed E-state index contributed by atoms with van der Waals surface area (Å²) < 4.78 is 6.96. The van der Waals surface area contributed by atoms with Crippen LogP contribution in [0.4, 0.5) is 0 Å². The Hall–Kier alpha value is 0.690. The smallest absolute Gasteiger partial charge is 0.0671 e. The highest BCUT2D eigenvalue weighted by atomic mass is 127. The van der Waals surface area contributed by atoms with Gasteiger partial charge in [0.15, 0.2) is 0 Å². The quantitative estimate of drug-likeness (QED) is 0.516. The lowest BCUT2D eigenvalue weighted by atomic mass is 9.96. The van der Waals surface area contributed by atoms with Crippen LogP contribution in [0.5, 0.6) is 0 Å². The first-order valence-corrected chi connectivity index (χ1v) is 5.40. The van der Waals surface area contributed by atoms with E-state index in [9.17, 15) is 0 Å². The Morgan fingerprint density at radius 2 is 2.30 bits per heavy atom. The molecule has 1 rings (SSSR count). The summed E-state index contributed by atoms with van der Waals surface area (Å²) in [6.07, 6.45) is 4.33. The van der Waals surface area contributed by atoms with E-state index >= 15 is 0 Å². The van der Waals surface area contributed by atoms with E-state index in [0.717, 1.165) is 4.43 Å². The molecule has 60 valence electrons. The van der Waals surface area contributed by atoms with E-state index in [0.29, 0.717) is 6.10 Å². The first-order chi connectivity index (χ1) is 4.64. The third kappa shape index (κ3) is 2.38. The minimum Gasteiger partial charge on any atom is -0.372 e. The molecule has 0 aromatic rings. The van der Waals surface area contributed by atoms with Crippen molar-refractivity contribution >= 4 is 22.6 Å². The molecule has 0 bridgehead atoms. The lowest BCUT2D eigenvalue weighted by molar-refractivity contribution is -0.0947. The molecule has 1 atom stereocenters. The molecule has 1 nitrogen and oxygen atoms in total. The molecular weight excluding hydrogens is 239 g/mol. The van der Waals surface area contributed by atoms with E-state index in [4.69, 9.17) is 4.74 Å². The monoisotopic (exact) mass is 254 g/mol. The summed E-state index contributed by atoms with van der Waals surface area (Å²) in [5.74, 6) is 0. The minimum atomic E-state index is 0.147. The van der Waals surface area contributed by atoms with Crippen molar-refractivity contribution < 1.29 is 4.74 Å². The van der Waals surface area contributed by atoms with Crippen molar-refractivity contribution in [1.29, 1.82) is 0 Å². The number of ether oxygens (including phenoxy) is 1. The number of rotatable bonds is 1. The lowest BCUT2D eigenvalue weighted by Crippen LogP contribution is -2.35. The van der Waals surface area contributed by atoms with Gasteiger partial charge >= 0.3 is 0 Å². The number of alkyl halides is 1. The fourth-order valence-corrected chi connectivity index (χ4v) is 2.05. The topological polar surface area (TPSA) is 9.23 Å². The number of halogens is 1. The summed E-state index contributed by atoms with van der Waals surface area (Å²) in [4.78, 5) is 0. The van der Waals surface area contributed by atoms with E-state index in [1.165, 1.54) is 19.3 Å². The maximum atomic E-state index is 5.82. The molecule has 0 aromatic heterocycles. The molecule has 1 fully saturated rings. The zero-order valence-corrected chi connectivity index (χ0v) is 8.85. The Morgan fingerprint density at radius 3 is 2.70 bits per heavy atom. The largest absolute Gasteiger partial charge is 0.372 e. The number of hydrogen-bond acceptors (Lipinski definition) is 1. The molecule has 10 heavy (non-hydrogen) atoms. The van der Waals surface area contributed by atoms with Gasteiger partial charge in [0.1, 0.15) is 0 Å². The normalized spacial score (nSPS) is 32.1. The third-order valence-corrected chi connectivity index (χ3v) is 2.95. The highest BCUT2D eigenvalue weighted by Crippen LogP contribution is 2.28. The predicted molar refractivity (Wildman–Crippen MR) is 51.7 cm³/mol. The van der Waals surface area contributed by atoms with Gasteiger partial charge in [-0.25, -0.2) is 0 Å². The van der Waals surface area contributed by atoms with E-state index in [-0.39, 0.29) is 5.60 Å². The van der Waals surface area contributed by atoms with Gasteiger partial charge in [0.25, 0.3) is 0 Å². The number of hydrogen-bond donors (Lipinski definition) is 0. The first-order valence-electron chi connectivity index (χ1n) is 3.88. The second kappa shape index (κ2) is 3.39. The van der Waals surface area contributed by atoms with Crippen LogP contribution in [0, 0.1) is 0 Å². The standard InChI is InChI=1S/C8H15IO/c1-8(2)5-3-4-7(6-9)10-8/h7H,3-6H2,1-2H3. The van der Waals surface area contributed by atoms with Crippen LogP contribution in [0.3, 0.4) is 0 Å². The molecule has 1 unspecified atom stereocenters. The molecule has 0 aliphatic carbocycles. The van der Waals surface area contributed by atoms with Crippen LogP contribution in [0.25, 0.3) is 0 Å². The van der Waals surface area contributed by atoms with Crippen molar-refractivity contribution in [2.24, 2.45) is 0 Å². The Labute approximate surface area is 76.7 Å². The van der Waals surface area contributed by atoms with Crippen LogP contribution in [0.1, 0.15) is 33.1 Å². The summed E-state index contributed by atoms with van der Waals surface area (Å²) in [5.41, 5.74) is 0.147. The molecule has 1 heterocycles. The molecule has 2 heteroatoms. The van der Waals surface area contributed by atoms with Crippen LogP contribution >= 0.6 is 22.6 Å². The fourth-order valence-electron chi connectivity index (χ4n) is 1.43. The van der Waals surface area contributed by atoms with E-state index in [2.05, 4.69) is 36.4 Å². The third-order valence-electron chi connectivity index (χ3n) is 1.96. The van der Waals surface area contributed by atoms with Crippen LogP contribution in [-0.4, -0.2) is 16.1 Å². The van der Waals surface area contributed by atoms with E-state index < -0.39 is 0 Å². The van der Waals surface area contributed by atoms with Gasteiger partial charge in [-0.2, -0.15) is 0 Å². The fraction of sp³-hybridized carbons (Fsp3) is 1.00. The first kappa shape index (κ1) is 8.78. The van der Waals surface area contributed by atoms with Crippen molar-refractivity contribution in [3.05, 3.63) is 0 Å². The Kier molecular flexibility index (Phi) is 2.98. The summed E-state index contributed by atoms with van der Waals surface area (Å²) >= 11 is 2.40. The zero-order chi connectivity index (χ0) is 7.61. The van der Waals surface area contributed by atoms with Gasteiger partial charge in [0.2, 0.25) is 0 Å². The van der Waals surface area contributed by atoms with Gasteiger partial charge in [-0.1, -0.05) is 22.6 Å². The average Bonchev–Trinajstić information content (AvgIpc) is 1.86. The average molecular weight is 254 g/mol. The predicted octanol–water partition coefficient (Wildman–Crippen LogP) is 2.77. The van der Waals surface area contributed by atoms with Crippen LogP contribution in [-0.2, 0) is 4.74 Å². The van der Waals surface area contributed by atoms with Crippen molar-refractivity contribution in [3.8, 4) is 0 Å². The Balaban J connectivity index is 2.40. The molecule has 0 N–H and O–H groups in total. The van der Waals surface area contributed by atoms with Gasteiger partial charge < -0.3 is 4.74 Å². The molecule has 0 aromatic carbocycles. The second-order valence-corrected chi connectivity index (χ2v) is 4.43. The van der Waals surface area contributed by atoms with Crippen molar-refractivity contribution in [2.45, 2.75) is 44.8 Å². The molecule has 0 saturated carbocycles. The van der Waals surface area contributed by atoms with Gasteiger partial charge in [-0.15, -0.1) is 0 Å². The van der Waals surface area contributed by atoms with Gasteiger partial charge in [-0.3, -0.25) is 0 Å². The van der Waals surface area contributed by atoms with Crippen molar-refractivity contribution in [1.82, 2.24) is 0 Å². The Morgan fingerprint density at radius 1 is 1.60 bits per heavy atom. The van der Waals surface area contributed by atoms with Gasteiger partial charge in [0, 0.05) is 4.43 Å². The SMILES string of the molecule is CC1(C)CCCC(CI)O1. The highest BCUT2D eigenvalue weighted by Gasteiger charge is 2.27. The van der Waals surface area contributed by atoms with Crippen LogP contribution in [0.2, 0.25) is 0 Å². The maximum absolute atomic E-state index is 5.82. The summed E-state index contributed by atoms with van der Waals surface area (Å²) in [7, 11) is 0. The Bertz CT molecular complexity index is 112. The maximum Gasteiger partial charge on any atom is 0.0671 e. The molecule has 1 saturated heterocycles. The summed E-state index contributed by atoms with van der Waals surface area (Å²) in [5, 5.41) is 0. The lowest BCUT2D eigenvalue weighted by Gasteiger charge is -2.35. The summed E-state index contributed by atoms with van der Waals surface area (Å²) in [6.45, 7) is 4.37. The van der Waals surface area contributed by atoms with Gasteiger partial charge in [0.05, 0.1) is 11.7 Å². The van der Waals surface area contributed by atoms with E-state index in [1.807, 2.05) is 0 Å². The minimum absolute atomic E-state index is 0.147. The van der Waals surface area contributed by atoms with Gasteiger partial charge in [-0.05, 0) is 33.1 Å². The molecule has 0 spiro atoms. The van der Waals surface area contributed by atoms with Crippen LogP contribution < -0.4 is 0 Å². The van der Waals surface area contributed by atoms with Crippen molar-refractivity contribution in [3.63, 3.8) is 0 Å².